The number of aryl methyl sites for hydroxylation is 1. The molecule has 6 nitrogen and oxygen atoms in total. The van der Waals surface area contributed by atoms with Crippen molar-refractivity contribution in [3.05, 3.63) is 41.0 Å². The Morgan fingerprint density at radius 3 is 2.88 bits per heavy atom. The summed E-state index contributed by atoms with van der Waals surface area (Å²) in [6.07, 6.45) is 3.07. The topological polar surface area (TPSA) is 79.2 Å². The van der Waals surface area contributed by atoms with Gasteiger partial charge in [0.15, 0.2) is 5.82 Å². The Morgan fingerprint density at radius 1 is 1.33 bits per heavy atom. The van der Waals surface area contributed by atoms with Crippen LogP contribution in [-0.2, 0) is 0 Å². The van der Waals surface area contributed by atoms with Crippen LogP contribution in [0.5, 0.6) is 0 Å². The molecule has 24 heavy (non-hydrogen) atoms. The molecular weight excluding hydrogens is 328 g/mol. The molecule has 1 heterocycles. The molecule has 1 aliphatic carbocycles. The normalized spacial score (nSPS) is 20.6. The van der Waals surface area contributed by atoms with E-state index in [1.54, 1.807) is 16.8 Å². The van der Waals surface area contributed by atoms with Crippen LogP contribution in [0.4, 0.5) is 10.6 Å². The smallest absolute Gasteiger partial charge is 0.320 e. The van der Waals surface area contributed by atoms with Crippen molar-refractivity contribution in [1.29, 1.82) is 0 Å². The van der Waals surface area contributed by atoms with Gasteiger partial charge in [0.05, 0.1) is 17.8 Å². The summed E-state index contributed by atoms with van der Waals surface area (Å²) in [5, 5.41) is 20.5. The molecular formula is C17H21ClN4O2. The van der Waals surface area contributed by atoms with E-state index in [0.717, 1.165) is 37.1 Å². The quantitative estimate of drug-likeness (QED) is 0.796. The summed E-state index contributed by atoms with van der Waals surface area (Å²) in [5.41, 5.74) is 1.71. The highest BCUT2D eigenvalue weighted by Gasteiger charge is 2.24. The van der Waals surface area contributed by atoms with Crippen LogP contribution < -0.4 is 10.6 Å². The van der Waals surface area contributed by atoms with Gasteiger partial charge in [-0.25, -0.2) is 9.48 Å². The first-order chi connectivity index (χ1) is 11.5. The number of nitrogens with one attached hydrogen (secondary N) is 2. The van der Waals surface area contributed by atoms with Gasteiger partial charge in [0, 0.05) is 16.8 Å². The van der Waals surface area contributed by atoms with Gasteiger partial charge in [-0.15, -0.1) is 5.10 Å². The van der Waals surface area contributed by atoms with E-state index in [4.69, 9.17) is 11.6 Å². The van der Waals surface area contributed by atoms with Crippen molar-refractivity contribution in [1.82, 2.24) is 15.1 Å². The number of urea groups is 1. The van der Waals surface area contributed by atoms with Crippen LogP contribution in [0.25, 0.3) is 5.69 Å². The third-order valence-electron chi connectivity index (χ3n) is 4.23. The molecule has 2 aromatic rings. The Balaban J connectivity index is 1.67. The zero-order valence-electron chi connectivity index (χ0n) is 13.5. The van der Waals surface area contributed by atoms with Gasteiger partial charge >= 0.3 is 6.03 Å². The molecule has 3 N–H and O–H groups in total. The molecule has 1 fully saturated rings. The Bertz CT molecular complexity index is 731. The molecule has 7 heteroatoms. The van der Waals surface area contributed by atoms with E-state index in [0.29, 0.717) is 10.8 Å². The number of aliphatic hydroxyl groups is 1. The lowest BCUT2D eigenvalue weighted by Crippen LogP contribution is -2.46. The van der Waals surface area contributed by atoms with Gasteiger partial charge in [0.2, 0.25) is 0 Å². The largest absolute Gasteiger partial charge is 0.391 e. The van der Waals surface area contributed by atoms with Crippen LogP contribution in [0.15, 0.2) is 30.3 Å². The number of benzene rings is 1. The molecule has 0 radical (unpaired) electrons. The number of anilines is 1. The standard InChI is InChI=1S/C17H21ClN4O2/c1-11-9-16(21-22(11)13-6-4-5-12(18)10-13)20-17(24)19-14-7-2-3-8-15(14)23/h4-6,9-10,14-15,23H,2-3,7-8H2,1H3,(H2,19,20,21,24). The summed E-state index contributed by atoms with van der Waals surface area (Å²) < 4.78 is 1.72. The molecule has 2 amide bonds. The van der Waals surface area contributed by atoms with E-state index < -0.39 is 6.10 Å². The van der Waals surface area contributed by atoms with Gasteiger partial charge in [-0.05, 0) is 38.0 Å². The van der Waals surface area contributed by atoms with Crippen molar-refractivity contribution in [3.8, 4) is 5.69 Å². The van der Waals surface area contributed by atoms with Gasteiger partial charge in [0.25, 0.3) is 0 Å². The van der Waals surface area contributed by atoms with E-state index in [1.807, 2.05) is 25.1 Å². The van der Waals surface area contributed by atoms with Gasteiger partial charge in [-0.2, -0.15) is 0 Å². The second kappa shape index (κ2) is 7.23. The maximum atomic E-state index is 12.1. The lowest BCUT2D eigenvalue weighted by molar-refractivity contribution is 0.0955. The van der Waals surface area contributed by atoms with E-state index in [2.05, 4.69) is 15.7 Å². The number of aliphatic hydroxyl groups excluding tert-OH is 1. The Kier molecular flexibility index (Phi) is 5.06. The van der Waals surface area contributed by atoms with E-state index in [9.17, 15) is 9.90 Å². The molecule has 128 valence electrons. The summed E-state index contributed by atoms with van der Waals surface area (Å²) in [4.78, 5) is 12.1. The molecule has 1 aliphatic rings. The fraction of sp³-hybridized carbons (Fsp3) is 0.412. The zero-order valence-corrected chi connectivity index (χ0v) is 14.3. The van der Waals surface area contributed by atoms with Crippen LogP contribution in [0.3, 0.4) is 0 Å². The second-order valence-corrected chi connectivity index (χ2v) is 6.56. The van der Waals surface area contributed by atoms with Gasteiger partial charge in [0.1, 0.15) is 0 Å². The average molecular weight is 349 g/mol. The highest BCUT2D eigenvalue weighted by atomic mass is 35.5. The second-order valence-electron chi connectivity index (χ2n) is 6.12. The highest BCUT2D eigenvalue weighted by molar-refractivity contribution is 6.30. The fourth-order valence-electron chi connectivity index (χ4n) is 3.01. The number of amides is 2. The molecule has 0 spiro atoms. The Morgan fingerprint density at radius 2 is 2.12 bits per heavy atom. The molecule has 0 bridgehead atoms. The fourth-order valence-corrected chi connectivity index (χ4v) is 3.19. The van der Waals surface area contributed by atoms with E-state index >= 15 is 0 Å². The first-order valence-corrected chi connectivity index (χ1v) is 8.49. The van der Waals surface area contributed by atoms with Crippen LogP contribution in [0.1, 0.15) is 31.4 Å². The molecule has 1 saturated carbocycles. The summed E-state index contributed by atoms with van der Waals surface area (Å²) in [5.74, 6) is 0.454. The van der Waals surface area contributed by atoms with Crippen molar-refractivity contribution in [3.63, 3.8) is 0 Å². The molecule has 1 aromatic heterocycles. The molecule has 1 aromatic carbocycles. The van der Waals surface area contributed by atoms with Crippen molar-refractivity contribution >= 4 is 23.4 Å². The maximum absolute atomic E-state index is 12.1. The molecule has 0 aliphatic heterocycles. The first-order valence-electron chi connectivity index (χ1n) is 8.11. The van der Waals surface area contributed by atoms with Crippen molar-refractivity contribution < 1.29 is 9.90 Å². The number of aromatic nitrogens is 2. The van der Waals surface area contributed by atoms with Crippen molar-refractivity contribution in [2.24, 2.45) is 0 Å². The molecule has 0 saturated heterocycles. The van der Waals surface area contributed by atoms with Gasteiger partial charge in [-0.1, -0.05) is 30.5 Å². The number of carbonyl (C=O) groups is 1. The SMILES string of the molecule is Cc1cc(NC(=O)NC2CCCCC2O)nn1-c1cccc(Cl)c1. The predicted molar refractivity (Wildman–Crippen MR) is 93.7 cm³/mol. The third-order valence-corrected chi connectivity index (χ3v) is 4.46. The van der Waals surface area contributed by atoms with Crippen LogP contribution in [-0.4, -0.2) is 33.1 Å². The summed E-state index contributed by atoms with van der Waals surface area (Å²) >= 11 is 6.02. The number of hydrogen-bond acceptors (Lipinski definition) is 3. The lowest BCUT2D eigenvalue weighted by atomic mass is 9.93. The first kappa shape index (κ1) is 16.8. The van der Waals surface area contributed by atoms with E-state index in [1.165, 1.54) is 0 Å². The predicted octanol–water partition coefficient (Wildman–Crippen LogP) is 3.26. The minimum atomic E-state index is -0.477. The van der Waals surface area contributed by atoms with Crippen molar-refractivity contribution in [2.75, 3.05) is 5.32 Å². The van der Waals surface area contributed by atoms with E-state index in [-0.39, 0.29) is 12.1 Å². The Labute approximate surface area is 145 Å². The third kappa shape index (κ3) is 3.88. The monoisotopic (exact) mass is 348 g/mol. The lowest BCUT2D eigenvalue weighted by Gasteiger charge is -2.28. The van der Waals surface area contributed by atoms with Gasteiger partial charge in [-0.3, -0.25) is 5.32 Å². The number of rotatable bonds is 3. The number of nitrogens with zero attached hydrogens (tertiary/aromatic N) is 2. The molecule has 2 atom stereocenters. The summed E-state index contributed by atoms with van der Waals surface area (Å²) in [6.45, 7) is 1.90. The van der Waals surface area contributed by atoms with Crippen molar-refractivity contribution in [2.45, 2.75) is 44.8 Å². The van der Waals surface area contributed by atoms with Gasteiger partial charge < -0.3 is 10.4 Å². The number of carbonyl (C=O) groups excluding carboxylic acids is 1. The van der Waals surface area contributed by atoms with Crippen LogP contribution >= 0.6 is 11.6 Å². The minimum absolute atomic E-state index is 0.199. The Hall–Kier alpha value is -2.05. The maximum Gasteiger partial charge on any atom is 0.320 e. The molecule has 2 unspecified atom stereocenters. The zero-order chi connectivity index (χ0) is 17.1. The number of hydrogen-bond donors (Lipinski definition) is 3. The molecule has 3 rings (SSSR count). The highest BCUT2D eigenvalue weighted by Crippen LogP contribution is 2.20. The minimum Gasteiger partial charge on any atom is -0.391 e. The summed E-state index contributed by atoms with van der Waals surface area (Å²) in [6, 6.07) is 8.59. The average Bonchev–Trinajstić information content (AvgIpc) is 2.90. The summed E-state index contributed by atoms with van der Waals surface area (Å²) in [7, 11) is 0. The van der Waals surface area contributed by atoms with Crippen LogP contribution in [0, 0.1) is 6.92 Å². The number of halogens is 1. The van der Waals surface area contributed by atoms with Crippen LogP contribution in [0.2, 0.25) is 5.02 Å².